The highest BCUT2D eigenvalue weighted by Crippen LogP contribution is 2.30. The van der Waals surface area contributed by atoms with Crippen LogP contribution in [0.5, 0.6) is 11.5 Å². The zero-order valence-corrected chi connectivity index (χ0v) is 15.7. The third kappa shape index (κ3) is 3.93. The van der Waals surface area contributed by atoms with Crippen LogP contribution in [-0.4, -0.2) is 22.6 Å². The van der Waals surface area contributed by atoms with Crippen molar-refractivity contribution in [2.24, 2.45) is 0 Å². The van der Waals surface area contributed by atoms with Crippen molar-refractivity contribution >= 4 is 47.6 Å². The van der Waals surface area contributed by atoms with Crippen LogP contribution >= 0.6 is 31.9 Å². The van der Waals surface area contributed by atoms with E-state index in [1.807, 2.05) is 0 Å². The van der Waals surface area contributed by atoms with E-state index in [0.29, 0.717) is 26.1 Å². The lowest BCUT2D eigenvalue weighted by molar-refractivity contribution is 0.395. The van der Waals surface area contributed by atoms with Gasteiger partial charge in [-0.05, 0) is 34.1 Å². The number of halogens is 2. The quantitative estimate of drug-likeness (QED) is 0.746. The molecular formula is C14H13Br2NO4S. The zero-order valence-electron chi connectivity index (χ0n) is 11.8. The molecule has 8 heteroatoms. The van der Waals surface area contributed by atoms with E-state index in [1.54, 1.807) is 30.3 Å². The fourth-order valence-electron chi connectivity index (χ4n) is 1.76. The smallest absolute Gasteiger partial charge is 0.263 e. The average molecular weight is 451 g/mol. The van der Waals surface area contributed by atoms with Crippen molar-refractivity contribution in [2.45, 2.75) is 4.90 Å². The Morgan fingerprint density at radius 3 is 2.09 bits per heavy atom. The van der Waals surface area contributed by atoms with Crippen LogP contribution in [0.25, 0.3) is 0 Å². The molecule has 0 aliphatic heterocycles. The topological polar surface area (TPSA) is 64.6 Å². The highest BCUT2D eigenvalue weighted by molar-refractivity contribution is 9.11. The second kappa shape index (κ2) is 6.89. The lowest BCUT2D eigenvalue weighted by Crippen LogP contribution is -2.13. The van der Waals surface area contributed by atoms with Gasteiger partial charge in [0.1, 0.15) is 16.4 Å². The first-order chi connectivity index (χ1) is 10.4. The van der Waals surface area contributed by atoms with Crippen LogP contribution < -0.4 is 14.2 Å². The number of methoxy groups -OCH3 is 2. The van der Waals surface area contributed by atoms with Gasteiger partial charge in [0.25, 0.3) is 10.0 Å². The molecule has 1 N–H and O–H groups in total. The first kappa shape index (κ1) is 17.1. The number of nitrogens with one attached hydrogen (secondary N) is 1. The molecule has 0 bridgehead atoms. The minimum absolute atomic E-state index is 0.128. The van der Waals surface area contributed by atoms with E-state index in [1.165, 1.54) is 20.3 Å². The monoisotopic (exact) mass is 449 g/mol. The number of hydrogen-bond donors (Lipinski definition) is 1. The Kier molecular flexibility index (Phi) is 5.36. The molecule has 0 saturated carbocycles. The summed E-state index contributed by atoms with van der Waals surface area (Å²) in [6, 6.07) is 9.73. The molecule has 2 aromatic carbocycles. The van der Waals surface area contributed by atoms with E-state index >= 15 is 0 Å². The number of rotatable bonds is 5. The minimum Gasteiger partial charge on any atom is -0.497 e. The SMILES string of the molecule is COc1cc(NS(=O)(=O)c2cc(Br)ccc2Br)cc(OC)c1. The van der Waals surface area contributed by atoms with E-state index in [-0.39, 0.29) is 4.90 Å². The maximum absolute atomic E-state index is 12.5. The summed E-state index contributed by atoms with van der Waals surface area (Å²) < 4.78 is 39.0. The third-order valence-corrected chi connectivity index (χ3v) is 5.65. The summed E-state index contributed by atoms with van der Waals surface area (Å²) in [5, 5.41) is 0. The van der Waals surface area contributed by atoms with E-state index in [4.69, 9.17) is 9.47 Å². The molecule has 22 heavy (non-hydrogen) atoms. The van der Waals surface area contributed by atoms with Gasteiger partial charge >= 0.3 is 0 Å². The van der Waals surface area contributed by atoms with Crippen LogP contribution in [0.15, 0.2) is 50.2 Å². The van der Waals surface area contributed by atoms with Crippen LogP contribution in [0.2, 0.25) is 0 Å². The predicted molar refractivity (Wildman–Crippen MR) is 92.2 cm³/mol. The Hall–Kier alpha value is -1.25. The van der Waals surface area contributed by atoms with E-state index in [9.17, 15) is 8.42 Å². The largest absolute Gasteiger partial charge is 0.497 e. The van der Waals surface area contributed by atoms with E-state index in [0.717, 1.165) is 0 Å². The minimum atomic E-state index is -3.75. The molecule has 0 aliphatic carbocycles. The van der Waals surface area contributed by atoms with Crippen molar-refractivity contribution in [3.05, 3.63) is 45.3 Å². The van der Waals surface area contributed by atoms with Crippen molar-refractivity contribution in [1.29, 1.82) is 0 Å². The van der Waals surface area contributed by atoms with Crippen LogP contribution in [-0.2, 0) is 10.0 Å². The van der Waals surface area contributed by atoms with Gasteiger partial charge in [-0.3, -0.25) is 4.72 Å². The molecule has 0 aliphatic rings. The predicted octanol–water partition coefficient (Wildman–Crippen LogP) is 4.03. The van der Waals surface area contributed by atoms with Gasteiger partial charge in [0.2, 0.25) is 0 Å². The summed E-state index contributed by atoms with van der Waals surface area (Å²) >= 11 is 6.51. The lowest BCUT2D eigenvalue weighted by Gasteiger charge is -2.12. The highest BCUT2D eigenvalue weighted by atomic mass is 79.9. The lowest BCUT2D eigenvalue weighted by atomic mass is 10.3. The number of ether oxygens (including phenoxy) is 2. The fraction of sp³-hybridized carbons (Fsp3) is 0.143. The number of benzene rings is 2. The van der Waals surface area contributed by atoms with Crippen LogP contribution in [0.4, 0.5) is 5.69 Å². The van der Waals surface area contributed by atoms with Gasteiger partial charge in [-0.2, -0.15) is 0 Å². The second-order valence-electron chi connectivity index (χ2n) is 4.28. The molecular weight excluding hydrogens is 438 g/mol. The molecule has 0 fully saturated rings. The van der Waals surface area contributed by atoms with Gasteiger partial charge in [0.15, 0.2) is 0 Å². The Morgan fingerprint density at radius 1 is 0.955 bits per heavy atom. The van der Waals surface area contributed by atoms with Crippen molar-refractivity contribution in [2.75, 3.05) is 18.9 Å². The van der Waals surface area contributed by atoms with Crippen LogP contribution in [0.1, 0.15) is 0 Å². The van der Waals surface area contributed by atoms with E-state index < -0.39 is 10.0 Å². The highest BCUT2D eigenvalue weighted by Gasteiger charge is 2.19. The first-order valence-electron chi connectivity index (χ1n) is 6.06. The van der Waals surface area contributed by atoms with Gasteiger partial charge < -0.3 is 9.47 Å². The fourth-order valence-corrected chi connectivity index (χ4v) is 4.30. The molecule has 2 rings (SSSR count). The molecule has 118 valence electrons. The Balaban J connectivity index is 2.42. The Morgan fingerprint density at radius 2 is 1.55 bits per heavy atom. The maximum atomic E-state index is 12.5. The second-order valence-corrected chi connectivity index (χ2v) is 7.70. The summed E-state index contributed by atoms with van der Waals surface area (Å²) in [7, 11) is -0.759. The molecule has 5 nitrogen and oxygen atoms in total. The molecule has 2 aromatic rings. The van der Waals surface area contributed by atoms with Gasteiger partial charge in [0.05, 0.1) is 19.9 Å². The standard InChI is InChI=1S/C14H13Br2NO4S/c1-20-11-6-10(7-12(8-11)21-2)17-22(18,19)14-5-9(15)3-4-13(14)16/h3-8,17H,1-2H3. The molecule has 0 heterocycles. The van der Waals surface area contributed by atoms with Crippen LogP contribution in [0, 0.1) is 0 Å². The summed E-state index contributed by atoms with van der Waals surface area (Å²) in [5.41, 5.74) is 0.350. The van der Waals surface area contributed by atoms with Crippen molar-refractivity contribution in [3.63, 3.8) is 0 Å². The first-order valence-corrected chi connectivity index (χ1v) is 9.13. The third-order valence-electron chi connectivity index (χ3n) is 2.79. The van der Waals surface area contributed by atoms with Gasteiger partial charge in [-0.15, -0.1) is 0 Å². The van der Waals surface area contributed by atoms with Crippen molar-refractivity contribution < 1.29 is 17.9 Å². The number of sulfonamides is 1. The molecule has 0 spiro atoms. The van der Waals surface area contributed by atoms with Crippen molar-refractivity contribution in [3.8, 4) is 11.5 Å². The van der Waals surface area contributed by atoms with Gasteiger partial charge in [-0.25, -0.2) is 8.42 Å². The molecule has 0 unspecified atom stereocenters. The van der Waals surface area contributed by atoms with Crippen LogP contribution in [0.3, 0.4) is 0 Å². The summed E-state index contributed by atoms with van der Waals surface area (Å²) in [5.74, 6) is 0.982. The summed E-state index contributed by atoms with van der Waals surface area (Å²) in [6.45, 7) is 0. The van der Waals surface area contributed by atoms with Crippen molar-refractivity contribution in [1.82, 2.24) is 0 Å². The summed E-state index contributed by atoms with van der Waals surface area (Å²) in [4.78, 5) is 0.128. The van der Waals surface area contributed by atoms with Gasteiger partial charge in [-0.1, -0.05) is 15.9 Å². The molecule has 0 amide bonds. The molecule has 0 radical (unpaired) electrons. The van der Waals surface area contributed by atoms with Gasteiger partial charge in [0, 0.05) is 27.1 Å². The molecule has 0 saturated heterocycles. The van der Waals surface area contributed by atoms with E-state index in [2.05, 4.69) is 36.6 Å². The normalized spacial score (nSPS) is 11.1. The molecule has 0 atom stereocenters. The maximum Gasteiger partial charge on any atom is 0.263 e. The number of hydrogen-bond acceptors (Lipinski definition) is 4. The number of anilines is 1. The Bertz CT molecular complexity index is 771. The summed E-state index contributed by atoms with van der Waals surface area (Å²) in [6.07, 6.45) is 0. The zero-order chi connectivity index (χ0) is 16.3. The average Bonchev–Trinajstić information content (AvgIpc) is 2.48. The molecule has 0 aromatic heterocycles. The Labute approximate surface area is 145 Å².